The van der Waals surface area contributed by atoms with Crippen molar-refractivity contribution in [3.05, 3.63) is 46.8 Å². The lowest BCUT2D eigenvalue weighted by atomic mass is 9.98. The number of thiophene rings is 1. The summed E-state index contributed by atoms with van der Waals surface area (Å²) in [6.07, 6.45) is -2.14. The van der Waals surface area contributed by atoms with Gasteiger partial charge in [0.25, 0.3) is 0 Å². The molecule has 1 aromatic heterocycles. The molecule has 6 nitrogen and oxygen atoms in total. The van der Waals surface area contributed by atoms with Crippen molar-refractivity contribution in [3.8, 4) is 17.6 Å². The molecule has 2 N–H and O–H groups in total. The molecular formula is C34H40F4N3O3PS. The van der Waals surface area contributed by atoms with Gasteiger partial charge in [-0.1, -0.05) is 24.0 Å². The number of likely N-dealkylation sites (tertiary alicyclic amines) is 1. The van der Waals surface area contributed by atoms with Crippen LogP contribution in [-0.4, -0.2) is 81.6 Å². The fourth-order valence-corrected chi connectivity index (χ4v) is 8.19. The summed E-state index contributed by atoms with van der Waals surface area (Å²) in [5.41, 5.74) is 1.47. The smallest absolute Gasteiger partial charge is 0.393 e. The molecule has 2 aromatic carbocycles. The number of anilines is 2. The first-order valence-electron chi connectivity index (χ1n) is 15.9. The van der Waals surface area contributed by atoms with E-state index < -0.39 is 32.0 Å². The molecule has 3 aliphatic rings. The molecule has 3 aromatic rings. The number of hydrogen-bond donors (Lipinski definition) is 2. The van der Waals surface area contributed by atoms with Gasteiger partial charge < -0.3 is 24.7 Å². The highest BCUT2D eigenvalue weighted by molar-refractivity contribution is 7.70. The van der Waals surface area contributed by atoms with Crippen LogP contribution in [0.1, 0.15) is 42.5 Å². The van der Waals surface area contributed by atoms with Crippen LogP contribution in [-0.2, 0) is 15.7 Å². The first-order valence-corrected chi connectivity index (χ1v) is 19.3. The zero-order valence-corrected chi connectivity index (χ0v) is 27.8. The van der Waals surface area contributed by atoms with Crippen molar-refractivity contribution in [2.75, 3.05) is 56.8 Å². The highest BCUT2D eigenvalue weighted by Gasteiger charge is 2.35. The Bertz CT molecular complexity index is 1650. The van der Waals surface area contributed by atoms with Gasteiger partial charge in [0.1, 0.15) is 19.1 Å². The summed E-state index contributed by atoms with van der Waals surface area (Å²) in [6, 6.07) is 10.5. The average molecular weight is 678 g/mol. The molecule has 3 fully saturated rings. The van der Waals surface area contributed by atoms with Crippen LogP contribution >= 0.6 is 18.5 Å². The van der Waals surface area contributed by atoms with E-state index in [1.165, 1.54) is 11.3 Å². The van der Waals surface area contributed by atoms with E-state index in [1.807, 2.05) is 12.1 Å². The summed E-state index contributed by atoms with van der Waals surface area (Å²) in [7, 11) is -2.48. The van der Waals surface area contributed by atoms with Crippen molar-refractivity contribution in [2.24, 2.45) is 0 Å². The molecule has 2 saturated heterocycles. The quantitative estimate of drug-likeness (QED) is 0.141. The maximum Gasteiger partial charge on any atom is 0.393 e. The van der Waals surface area contributed by atoms with Crippen molar-refractivity contribution >= 4 is 45.2 Å². The van der Waals surface area contributed by atoms with Gasteiger partial charge in [0.05, 0.1) is 46.1 Å². The minimum absolute atomic E-state index is 0.133. The monoisotopic (exact) mass is 677 g/mol. The largest absolute Gasteiger partial charge is 0.488 e. The Balaban J connectivity index is 1.20. The van der Waals surface area contributed by atoms with Gasteiger partial charge in [-0.05, 0) is 80.6 Å². The van der Waals surface area contributed by atoms with E-state index in [1.54, 1.807) is 37.6 Å². The molecule has 3 heterocycles. The van der Waals surface area contributed by atoms with Gasteiger partial charge in [-0.15, -0.1) is 11.3 Å². The van der Waals surface area contributed by atoms with Gasteiger partial charge in [-0.3, -0.25) is 4.90 Å². The Labute approximate surface area is 271 Å². The summed E-state index contributed by atoms with van der Waals surface area (Å²) >= 11 is 1.21. The van der Waals surface area contributed by atoms with E-state index in [2.05, 4.69) is 27.4 Å². The van der Waals surface area contributed by atoms with Crippen LogP contribution in [0.5, 0.6) is 5.75 Å². The number of nitrogens with one attached hydrogen (secondary N) is 2. The van der Waals surface area contributed by atoms with Gasteiger partial charge in [0.2, 0.25) is 0 Å². The summed E-state index contributed by atoms with van der Waals surface area (Å²) in [5.74, 6) is 6.59. The Morgan fingerprint density at radius 2 is 1.87 bits per heavy atom. The first kappa shape index (κ1) is 33.1. The molecule has 1 saturated carbocycles. The maximum atomic E-state index is 15.4. The van der Waals surface area contributed by atoms with Crippen LogP contribution in [0.25, 0.3) is 10.1 Å². The lowest BCUT2D eigenvalue weighted by Gasteiger charge is -2.41. The molecule has 0 spiro atoms. The van der Waals surface area contributed by atoms with Crippen LogP contribution < -0.4 is 20.7 Å². The predicted octanol–water partition coefficient (Wildman–Crippen LogP) is 7.26. The number of rotatable bonds is 9. The highest BCUT2D eigenvalue weighted by atomic mass is 32.1. The summed E-state index contributed by atoms with van der Waals surface area (Å²) in [4.78, 5) is 2.55. The van der Waals surface area contributed by atoms with E-state index in [0.29, 0.717) is 64.3 Å². The molecule has 0 radical (unpaired) electrons. The fraction of sp³-hybridized carbons (Fsp3) is 0.529. The Morgan fingerprint density at radius 1 is 1.09 bits per heavy atom. The van der Waals surface area contributed by atoms with E-state index in [0.717, 1.165) is 37.5 Å². The Hall–Kier alpha value is -2.77. The third-order valence-electron chi connectivity index (χ3n) is 8.79. The van der Waals surface area contributed by atoms with E-state index in [4.69, 9.17) is 9.47 Å². The number of piperidine rings is 1. The van der Waals surface area contributed by atoms with Gasteiger partial charge in [0, 0.05) is 37.6 Å². The average Bonchev–Trinajstić information content (AvgIpc) is 3.76. The molecule has 2 atom stereocenters. The van der Waals surface area contributed by atoms with Crippen LogP contribution in [0.4, 0.5) is 28.9 Å². The number of halogens is 4. The second-order valence-electron chi connectivity index (χ2n) is 12.8. The third kappa shape index (κ3) is 8.20. The molecule has 12 heteroatoms. The van der Waals surface area contributed by atoms with Crippen LogP contribution in [0.15, 0.2) is 36.4 Å². The summed E-state index contributed by atoms with van der Waals surface area (Å²) in [5, 5.41) is 7.77. The third-order valence-corrected chi connectivity index (χ3v) is 11.5. The number of benzene rings is 2. The van der Waals surface area contributed by atoms with Crippen LogP contribution in [0.3, 0.4) is 0 Å². The topological polar surface area (TPSA) is 62.8 Å². The normalized spacial score (nSPS) is 21.5. The van der Waals surface area contributed by atoms with Crippen LogP contribution in [0.2, 0.25) is 0 Å². The number of ether oxygens (including phenoxy) is 2. The van der Waals surface area contributed by atoms with Crippen molar-refractivity contribution in [1.29, 1.82) is 0 Å². The number of nitrogens with zero attached hydrogens (tertiary/aromatic N) is 1. The minimum Gasteiger partial charge on any atom is -0.488 e. The van der Waals surface area contributed by atoms with Gasteiger partial charge in [-0.25, -0.2) is 4.39 Å². The molecule has 1 aliphatic carbocycles. The lowest BCUT2D eigenvalue weighted by Crippen LogP contribution is -2.52. The van der Waals surface area contributed by atoms with Crippen molar-refractivity contribution in [3.63, 3.8) is 0 Å². The fourth-order valence-electron chi connectivity index (χ4n) is 6.15. The zero-order chi connectivity index (χ0) is 32.5. The van der Waals surface area contributed by atoms with Crippen molar-refractivity contribution in [2.45, 2.75) is 69.1 Å². The van der Waals surface area contributed by atoms with E-state index >= 15 is 4.39 Å². The van der Waals surface area contributed by atoms with Gasteiger partial charge in [0.15, 0.2) is 0 Å². The lowest BCUT2D eigenvalue weighted by molar-refractivity contribution is -0.126. The van der Waals surface area contributed by atoms with Gasteiger partial charge in [-0.2, -0.15) is 13.2 Å². The predicted molar refractivity (Wildman–Crippen MR) is 178 cm³/mol. The molecular weight excluding hydrogens is 637 g/mol. The second kappa shape index (κ2) is 13.8. The number of hydrogen-bond acceptors (Lipinski definition) is 7. The minimum atomic E-state index is -4.41. The molecule has 0 bridgehead atoms. The summed E-state index contributed by atoms with van der Waals surface area (Å²) < 4.78 is 81.5. The van der Waals surface area contributed by atoms with E-state index in [-0.39, 0.29) is 18.2 Å². The standard InChI is InChI=1S/C34H40F4N3O3PS/c1-45(2,42)24-10-11-29(31(19-24)44-23-8-9-23)39-15-4-7-32-26(20-34(36,37)38)25-5-3-6-30(33(25)46-32)40-28-12-16-41(21-27(28)35)22-13-17-43-18-14-22/h3,5-6,10-11,19,22-23,27-28,39-40H,8-9,12-18,20-21H2,1-2H3/t27-,28+/m0/s1. The molecule has 0 unspecified atom stereocenters. The number of alkyl halides is 4. The highest BCUT2D eigenvalue weighted by Crippen LogP contribution is 2.41. The Kier molecular flexibility index (Phi) is 9.91. The van der Waals surface area contributed by atoms with E-state index in [9.17, 15) is 17.7 Å². The van der Waals surface area contributed by atoms with Crippen molar-refractivity contribution in [1.82, 2.24) is 4.90 Å². The SMILES string of the molecule is CP(C)(=O)c1ccc(NCC#Cc2sc3c(N[C@@H]4CCN(C5CCOCC5)C[C@@H]4F)cccc3c2CC(F)(F)F)c(OC2CC2)c1. The molecule has 46 heavy (non-hydrogen) atoms. The number of fused-ring (bicyclic) bond motifs is 1. The van der Waals surface area contributed by atoms with Gasteiger partial charge >= 0.3 is 6.18 Å². The van der Waals surface area contributed by atoms with Crippen LogP contribution in [0, 0.1) is 11.8 Å². The summed E-state index contributed by atoms with van der Waals surface area (Å²) in [6.45, 7) is 6.09. The molecule has 248 valence electrons. The molecule has 2 aliphatic heterocycles. The zero-order valence-electron chi connectivity index (χ0n) is 26.1. The second-order valence-corrected chi connectivity index (χ2v) is 17.0. The maximum absolute atomic E-state index is 15.4. The Morgan fingerprint density at radius 3 is 2.57 bits per heavy atom. The first-order chi connectivity index (χ1) is 21.9. The van der Waals surface area contributed by atoms with Crippen molar-refractivity contribution < 1.29 is 31.6 Å². The molecule has 6 rings (SSSR count). The molecule has 0 amide bonds.